The summed E-state index contributed by atoms with van der Waals surface area (Å²) in [4.78, 5) is 4.46. The summed E-state index contributed by atoms with van der Waals surface area (Å²) in [6.45, 7) is 3.95. The summed E-state index contributed by atoms with van der Waals surface area (Å²) in [6.07, 6.45) is 2.54. The maximum atomic E-state index is 6.08. The SMILES string of the molecule is CCC1OCCC1Cn1c(N)nc2cc(I)ccc21. The van der Waals surface area contributed by atoms with Crippen LogP contribution in [-0.4, -0.2) is 22.3 Å². The molecule has 2 heterocycles. The highest BCUT2D eigenvalue weighted by atomic mass is 127. The van der Waals surface area contributed by atoms with E-state index in [1.54, 1.807) is 0 Å². The number of halogens is 1. The van der Waals surface area contributed by atoms with Gasteiger partial charge in [-0.2, -0.15) is 0 Å². The molecule has 5 heteroatoms. The van der Waals surface area contributed by atoms with Crippen molar-refractivity contribution in [1.82, 2.24) is 9.55 Å². The number of benzene rings is 1. The number of anilines is 1. The van der Waals surface area contributed by atoms with Gasteiger partial charge in [0, 0.05) is 22.6 Å². The molecule has 0 aliphatic carbocycles. The van der Waals surface area contributed by atoms with Crippen LogP contribution in [0.5, 0.6) is 0 Å². The number of aromatic nitrogens is 2. The Balaban J connectivity index is 1.94. The predicted molar refractivity (Wildman–Crippen MR) is 85.0 cm³/mol. The van der Waals surface area contributed by atoms with Crippen molar-refractivity contribution in [3.05, 3.63) is 21.8 Å². The number of nitrogens with two attached hydrogens (primary N) is 1. The number of hydrogen-bond acceptors (Lipinski definition) is 3. The monoisotopic (exact) mass is 371 g/mol. The topological polar surface area (TPSA) is 53.1 Å². The van der Waals surface area contributed by atoms with Gasteiger partial charge in [0.1, 0.15) is 0 Å². The molecule has 1 aliphatic rings. The normalized spacial score (nSPS) is 23.3. The smallest absolute Gasteiger partial charge is 0.201 e. The second-order valence-electron chi connectivity index (χ2n) is 5.08. The van der Waals surface area contributed by atoms with Gasteiger partial charge in [-0.1, -0.05) is 6.92 Å². The Morgan fingerprint density at radius 3 is 3.16 bits per heavy atom. The van der Waals surface area contributed by atoms with Gasteiger partial charge < -0.3 is 15.0 Å². The first kappa shape index (κ1) is 13.2. The molecule has 102 valence electrons. The number of imidazole rings is 1. The molecule has 0 bridgehead atoms. The van der Waals surface area contributed by atoms with Gasteiger partial charge in [-0.3, -0.25) is 0 Å². The molecule has 0 amide bonds. The first-order valence-corrected chi connectivity index (χ1v) is 7.79. The lowest BCUT2D eigenvalue weighted by Gasteiger charge is -2.18. The van der Waals surface area contributed by atoms with Gasteiger partial charge in [0.2, 0.25) is 5.95 Å². The van der Waals surface area contributed by atoms with E-state index in [4.69, 9.17) is 10.5 Å². The van der Waals surface area contributed by atoms with Crippen molar-refractivity contribution in [2.75, 3.05) is 12.3 Å². The molecule has 0 radical (unpaired) electrons. The van der Waals surface area contributed by atoms with Crippen LogP contribution in [-0.2, 0) is 11.3 Å². The molecule has 1 fully saturated rings. The largest absolute Gasteiger partial charge is 0.378 e. The number of nitrogens with zero attached hydrogens (tertiary/aromatic N) is 2. The van der Waals surface area contributed by atoms with Crippen LogP contribution in [0, 0.1) is 9.49 Å². The second-order valence-corrected chi connectivity index (χ2v) is 6.33. The van der Waals surface area contributed by atoms with Crippen LogP contribution < -0.4 is 5.73 Å². The van der Waals surface area contributed by atoms with E-state index in [1.807, 2.05) is 0 Å². The van der Waals surface area contributed by atoms with E-state index in [1.165, 1.54) is 3.57 Å². The Morgan fingerprint density at radius 2 is 2.37 bits per heavy atom. The van der Waals surface area contributed by atoms with Crippen LogP contribution in [0.2, 0.25) is 0 Å². The van der Waals surface area contributed by atoms with Gasteiger partial charge in [0.15, 0.2) is 0 Å². The summed E-state index contributed by atoms with van der Waals surface area (Å²) in [5, 5.41) is 0. The molecule has 2 aromatic rings. The molecule has 1 saturated heterocycles. The van der Waals surface area contributed by atoms with Crippen molar-refractivity contribution in [1.29, 1.82) is 0 Å². The van der Waals surface area contributed by atoms with Crippen molar-refractivity contribution in [3.8, 4) is 0 Å². The van der Waals surface area contributed by atoms with Crippen molar-refractivity contribution < 1.29 is 4.74 Å². The molecular weight excluding hydrogens is 353 g/mol. The highest BCUT2D eigenvalue weighted by molar-refractivity contribution is 14.1. The molecule has 1 aromatic carbocycles. The second kappa shape index (κ2) is 5.28. The van der Waals surface area contributed by atoms with E-state index in [0.29, 0.717) is 18.0 Å². The molecule has 3 rings (SSSR count). The molecule has 2 unspecified atom stereocenters. The van der Waals surface area contributed by atoms with E-state index in [9.17, 15) is 0 Å². The minimum atomic E-state index is 0.362. The molecule has 19 heavy (non-hydrogen) atoms. The van der Waals surface area contributed by atoms with Crippen molar-refractivity contribution in [2.24, 2.45) is 5.92 Å². The third-order valence-corrected chi connectivity index (χ3v) is 4.58. The Hall–Kier alpha value is -0.820. The fraction of sp³-hybridized carbons (Fsp3) is 0.500. The van der Waals surface area contributed by atoms with Crippen LogP contribution in [0.4, 0.5) is 5.95 Å². The minimum Gasteiger partial charge on any atom is -0.378 e. The van der Waals surface area contributed by atoms with E-state index in [-0.39, 0.29) is 0 Å². The van der Waals surface area contributed by atoms with Gasteiger partial charge in [-0.05, 0) is 53.6 Å². The summed E-state index contributed by atoms with van der Waals surface area (Å²) in [5.41, 5.74) is 8.18. The maximum Gasteiger partial charge on any atom is 0.201 e. The molecule has 2 atom stereocenters. The Bertz CT molecular complexity index is 596. The lowest BCUT2D eigenvalue weighted by molar-refractivity contribution is 0.0839. The number of fused-ring (bicyclic) bond motifs is 1. The highest BCUT2D eigenvalue weighted by Gasteiger charge is 2.28. The lowest BCUT2D eigenvalue weighted by atomic mass is 9.99. The summed E-state index contributed by atoms with van der Waals surface area (Å²) in [6, 6.07) is 6.28. The Labute approximate surface area is 126 Å². The predicted octanol–water partition coefficient (Wildman–Crippen LogP) is 3.04. The van der Waals surface area contributed by atoms with Gasteiger partial charge in [0.25, 0.3) is 0 Å². The molecule has 1 aliphatic heterocycles. The van der Waals surface area contributed by atoms with E-state index >= 15 is 0 Å². The summed E-state index contributed by atoms with van der Waals surface area (Å²) >= 11 is 2.30. The number of hydrogen-bond donors (Lipinski definition) is 1. The third-order valence-electron chi connectivity index (χ3n) is 3.91. The summed E-state index contributed by atoms with van der Waals surface area (Å²) in [7, 11) is 0. The van der Waals surface area contributed by atoms with Crippen LogP contribution in [0.3, 0.4) is 0 Å². The molecular formula is C14H18IN3O. The van der Waals surface area contributed by atoms with Crippen molar-refractivity contribution in [3.63, 3.8) is 0 Å². The van der Waals surface area contributed by atoms with Crippen LogP contribution >= 0.6 is 22.6 Å². The van der Waals surface area contributed by atoms with Gasteiger partial charge >= 0.3 is 0 Å². The van der Waals surface area contributed by atoms with Crippen LogP contribution in [0.15, 0.2) is 18.2 Å². The fourth-order valence-corrected chi connectivity index (χ4v) is 3.38. The van der Waals surface area contributed by atoms with Crippen molar-refractivity contribution in [2.45, 2.75) is 32.4 Å². The summed E-state index contributed by atoms with van der Waals surface area (Å²) < 4.78 is 9.08. The zero-order valence-electron chi connectivity index (χ0n) is 11.0. The fourth-order valence-electron chi connectivity index (χ4n) is 2.90. The Kier molecular flexibility index (Phi) is 3.66. The molecule has 4 nitrogen and oxygen atoms in total. The zero-order chi connectivity index (χ0) is 13.4. The van der Waals surface area contributed by atoms with Crippen LogP contribution in [0.25, 0.3) is 11.0 Å². The first-order valence-electron chi connectivity index (χ1n) is 6.72. The van der Waals surface area contributed by atoms with E-state index in [2.05, 4.69) is 57.3 Å². The molecule has 0 saturated carbocycles. The van der Waals surface area contributed by atoms with Crippen molar-refractivity contribution >= 4 is 39.6 Å². The quantitative estimate of drug-likeness (QED) is 0.844. The Morgan fingerprint density at radius 1 is 1.53 bits per heavy atom. The van der Waals surface area contributed by atoms with E-state index < -0.39 is 0 Å². The standard InChI is InChI=1S/C14H18IN3O/c1-2-13-9(5-6-19-13)8-18-12-4-3-10(15)7-11(12)17-14(18)16/h3-4,7,9,13H,2,5-6,8H2,1H3,(H2,16,17). The lowest BCUT2D eigenvalue weighted by Crippen LogP contribution is -2.21. The van der Waals surface area contributed by atoms with Gasteiger partial charge in [-0.15, -0.1) is 0 Å². The van der Waals surface area contributed by atoms with Gasteiger partial charge in [0.05, 0.1) is 17.1 Å². The number of rotatable bonds is 3. The molecule has 2 N–H and O–H groups in total. The number of ether oxygens (including phenoxy) is 1. The minimum absolute atomic E-state index is 0.362. The zero-order valence-corrected chi connectivity index (χ0v) is 13.1. The maximum absolute atomic E-state index is 6.08. The number of nitrogen functional groups attached to an aromatic ring is 1. The highest BCUT2D eigenvalue weighted by Crippen LogP contribution is 2.28. The van der Waals surface area contributed by atoms with Crippen LogP contribution in [0.1, 0.15) is 19.8 Å². The first-order chi connectivity index (χ1) is 9.19. The van der Waals surface area contributed by atoms with Gasteiger partial charge in [-0.25, -0.2) is 4.98 Å². The third kappa shape index (κ3) is 2.45. The van der Waals surface area contributed by atoms with E-state index in [0.717, 1.165) is 37.0 Å². The average Bonchev–Trinajstić information content (AvgIpc) is 2.95. The average molecular weight is 371 g/mol. The molecule has 0 spiro atoms. The molecule has 1 aromatic heterocycles. The summed E-state index contributed by atoms with van der Waals surface area (Å²) in [5.74, 6) is 1.16.